The van der Waals surface area contributed by atoms with Gasteiger partial charge in [0.05, 0.1) is 23.8 Å². The second-order valence-corrected chi connectivity index (χ2v) is 7.69. The molecule has 9 nitrogen and oxygen atoms in total. The monoisotopic (exact) mass is 461 g/mol. The second kappa shape index (κ2) is 10.1. The first-order valence-electron chi connectivity index (χ1n) is 10.5. The lowest BCUT2D eigenvalue weighted by atomic mass is 10.2. The first-order valence-corrected chi connectivity index (χ1v) is 10.5. The molecule has 0 atom stereocenters. The molecular weight excluding hydrogens is 437 g/mol. The molecule has 10 heteroatoms. The fourth-order valence-corrected chi connectivity index (χ4v) is 3.18. The predicted molar refractivity (Wildman–Crippen MR) is 129 cm³/mol. The number of fused-ring (bicyclic) bond motifs is 1. The van der Waals surface area contributed by atoms with Crippen LogP contribution < -0.4 is 15.4 Å². The van der Waals surface area contributed by atoms with Crippen molar-refractivity contribution >= 4 is 28.9 Å². The zero-order valence-electron chi connectivity index (χ0n) is 18.8. The van der Waals surface area contributed by atoms with E-state index in [0.29, 0.717) is 46.6 Å². The summed E-state index contributed by atoms with van der Waals surface area (Å²) in [4.78, 5) is 22.5. The molecule has 2 aromatic heterocycles. The SMILES string of the molecule is C=CC(=O)Nc1cc(Nc2ncc3ncc(-c4cccc(F)c4)n3n2)ccc1OCCN(C)C. The average molecular weight is 462 g/mol. The molecule has 0 aliphatic heterocycles. The molecule has 0 bridgehead atoms. The van der Waals surface area contributed by atoms with Crippen molar-refractivity contribution < 1.29 is 13.9 Å². The van der Waals surface area contributed by atoms with Crippen molar-refractivity contribution in [1.82, 2.24) is 24.5 Å². The van der Waals surface area contributed by atoms with Crippen molar-refractivity contribution in [2.75, 3.05) is 37.9 Å². The van der Waals surface area contributed by atoms with Crippen LogP contribution >= 0.6 is 0 Å². The lowest BCUT2D eigenvalue weighted by Gasteiger charge is -2.15. The van der Waals surface area contributed by atoms with Crippen LogP contribution in [0.5, 0.6) is 5.75 Å². The fourth-order valence-electron chi connectivity index (χ4n) is 3.18. The zero-order valence-corrected chi connectivity index (χ0v) is 18.8. The quantitative estimate of drug-likeness (QED) is 0.367. The van der Waals surface area contributed by atoms with E-state index in [1.807, 2.05) is 19.0 Å². The molecule has 0 spiro atoms. The summed E-state index contributed by atoms with van der Waals surface area (Å²) < 4.78 is 21.1. The number of nitrogens with one attached hydrogen (secondary N) is 2. The van der Waals surface area contributed by atoms with Gasteiger partial charge < -0.3 is 20.3 Å². The van der Waals surface area contributed by atoms with Crippen molar-refractivity contribution in [1.29, 1.82) is 0 Å². The van der Waals surface area contributed by atoms with E-state index in [2.05, 4.69) is 32.3 Å². The Hall–Kier alpha value is -4.31. The van der Waals surface area contributed by atoms with Crippen molar-refractivity contribution in [2.24, 2.45) is 0 Å². The number of anilines is 3. The summed E-state index contributed by atoms with van der Waals surface area (Å²) >= 11 is 0. The molecule has 1 amide bonds. The fraction of sp³-hybridized carbons (Fsp3) is 0.167. The van der Waals surface area contributed by atoms with Crippen molar-refractivity contribution in [3.8, 4) is 17.0 Å². The lowest BCUT2D eigenvalue weighted by molar-refractivity contribution is -0.111. The third-order valence-electron chi connectivity index (χ3n) is 4.86. The summed E-state index contributed by atoms with van der Waals surface area (Å²) in [6, 6.07) is 11.5. The molecule has 4 rings (SSSR count). The summed E-state index contributed by atoms with van der Waals surface area (Å²) in [5.41, 5.74) is 2.91. The van der Waals surface area contributed by atoms with Crippen LogP contribution in [-0.2, 0) is 4.79 Å². The van der Waals surface area contributed by atoms with Crippen LogP contribution in [0.4, 0.5) is 21.7 Å². The Morgan fingerprint density at radius 1 is 1.21 bits per heavy atom. The molecule has 2 heterocycles. The van der Waals surface area contributed by atoms with Gasteiger partial charge in [0.25, 0.3) is 0 Å². The maximum absolute atomic E-state index is 13.7. The van der Waals surface area contributed by atoms with Crippen LogP contribution in [0.1, 0.15) is 0 Å². The smallest absolute Gasteiger partial charge is 0.247 e. The number of aromatic nitrogens is 4. The van der Waals surface area contributed by atoms with Gasteiger partial charge >= 0.3 is 0 Å². The van der Waals surface area contributed by atoms with Crippen LogP contribution in [0.2, 0.25) is 0 Å². The number of hydrogen-bond acceptors (Lipinski definition) is 7. The summed E-state index contributed by atoms with van der Waals surface area (Å²) in [7, 11) is 3.90. The van der Waals surface area contributed by atoms with E-state index in [9.17, 15) is 9.18 Å². The molecule has 0 aliphatic rings. The topological polar surface area (TPSA) is 96.7 Å². The van der Waals surface area contributed by atoms with Crippen LogP contribution in [0.3, 0.4) is 0 Å². The maximum Gasteiger partial charge on any atom is 0.247 e. The van der Waals surface area contributed by atoms with Gasteiger partial charge in [-0.25, -0.2) is 18.9 Å². The van der Waals surface area contributed by atoms with Crippen molar-refractivity contribution in [3.05, 3.63) is 73.3 Å². The number of amides is 1. The maximum atomic E-state index is 13.7. The molecule has 0 fully saturated rings. The molecule has 0 saturated heterocycles. The van der Waals surface area contributed by atoms with E-state index in [4.69, 9.17) is 4.74 Å². The molecule has 2 N–H and O–H groups in total. The number of halogens is 1. The predicted octanol–water partition coefficient (Wildman–Crippen LogP) is 3.74. The molecule has 0 saturated carbocycles. The summed E-state index contributed by atoms with van der Waals surface area (Å²) in [6.45, 7) is 4.68. The minimum absolute atomic E-state index is 0.297. The summed E-state index contributed by atoms with van der Waals surface area (Å²) in [6.07, 6.45) is 4.37. The first-order chi connectivity index (χ1) is 16.4. The zero-order chi connectivity index (χ0) is 24.1. The number of imidazole rings is 1. The molecule has 0 radical (unpaired) electrons. The Morgan fingerprint density at radius 2 is 2.06 bits per heavy atom. The molecule has 4 aromatic rings. The number of rotatable bonds is 9. The molecule has 34 heavy (non-hydrogen) atoms. The molecule has 174 valence electrons. The normalized spacial score (nSPS) is 10.9. The number of hydrogen-bond donors (Lipinski definition) is 2. The van der Waals surface area contributed by atoms with E-state index < -0.39 is 0 Å². The Morgan fingerprint density at radius 3 is 2.82 bits per heavy atom. The van der Waals surface area contributed by atoms with Crippen LogP contribution in [0.15, 0.2) is 67.5 Å². The molecule has 2 aromatic carbocycles. The van der Waals surface area contributed by atoms with Crippen LogP contribution in [0.25, 0.3) is 16.9 Å². The van der Waals surface area contributed by atoms with Crippen LogP contribution in [0, 0.1) is 5.82 Å². The van der Waals surface area contributed by atoms with Gasteiger partial charge in [-0.2, -0.15) is 0 Å². The summed E-state index contributed by atoms with van der Waals surface area (Å²) in [5.74, 6) is 0.125. The third kappa shape index (κ3) is 5.36. The van der Waals surface area contributed by atoms with Gasteiger partial charge in [-0.15, -0.1) is 5.10 Å². The van der Waals surface area contributed by atoms with E-state index in [-0.39, 0.29) is 11.7 Å². The van der Waals surface area contributed by atoms with E-state index in [1.165, 1.54) is 18.2 Å². The standard InChI is InChI=1S/C24H24FN7O2/c1-4-23(33)29-19-13-18(8-9-21(19)34-11-10-31(2)3)28-24-27-15-22-26-14-20(32(22)30-24)16-6-5-7-17(25)12-16/h4-9,12-15H,1,10-11H2,2-3H3,(H,28,30)(H,29,33). The highest BCUT2D eigenvalue weighted by Crippen LogP contribution is 2.29. The van der Waals surface area contributed by atoms with Gasteiger partial charge in [-0.1, -0.05) is 18.7 Å². The lowest BCUT2D eigenvalue weighted by Crippen LogP contribution is -2.20. The molecule has 0 aliphatic carbocycles. The Balaban J connectivity index is 1.61. The van der Waals surface area contributed by atoms with Gasteiger partial charge in [0, 0.05) is 17.8 Å². The molecular formula is C24H24FN7O2. The first kappa shape index (κ1) is 22.9. The van der Waals surface area contributed by atoms with Gasteiger partial charge in [0.2, 0.25) is 11.9 Å². The number of ether oxygens (including phenoxy) is 1. The number of carbonyl (C=O) groups is 1. The van der Waals surface area contributed by atoms with Crippen molar-refractivity contribution in [3.63, 3.8) is 0 Å². The highest BCUT2D eigenvalue weighted by Gasteiger charge is 2.12. The Kier molecular flexibility index (Phi) is 6.79. The van der Waals surface area contributed by atoms with Gasteiger partial charge in [0.15, 0.2) is 5.65 Å². The number of nitrogens with zero attached hydrogens (tertiary/aromatic N) is 5. The highest BCUT2D eigenvalue weighted by atomic mass is 19.1. The number of likely N-dealkylation sites (N-methyl/N-ethyl adjacent to an activating group) is 1. The van der Waals surface area contributed by atoms with Crippen molar-refractivity contribution in [2.45, 2.75) is 0 Å². The Labute approximate surface area is 195 Å². The minimum atomic E-state index is -0.356. The largest absolute Gasteiger partial charge is 0.490 e. The number of benzene rings is 2. The summed E-state index contributed by atoms with van der Waals surface area (Å²) in [5, 5.41) is 10.4. The van der Waals surface area contributed by atoms with E-state index in [0.717, 1.165) is 6.54 Å². The molecule has 0 unspecified atom stereocenters. The Bertz CT molecular complexity index is 1340. The highest BCUT2D eigenvalue weighted by molar-refractivity contribution is 6.00. The van der Waals surface area contributed by atoms with E-state index >= 15 is 0 Å². The van der Waals surface area contributed by atoms with Crippen LogP contribution in [-0.4, -0.2) is 57.6 Å². The van der Waals surface area contributed by atoms with E-state index in [1.54, 1.807) is 47.2 Å². The minimum Gasteiger partial charge on any atom is -0.490 e. The van der Waals surface area contributed by atoms with Gasteiger partial charge in [0.1, 0.15) is 18.2 Å². The second-order valence-electron chi connectivity index (χ2n) is 7.69. The van der Waals surface area contributed by atoms with Gasteiger partial charge in [-0.05, 0) is 50.5 Å². The number of carbonyl (C=O) groups excluding carboxylic acids is 1. The van der Waals surface area contributed by atoms with Gasteiger partial charge in [-0.3, -0.25) is 4.79 Å². The average Bonchev–Trinajstić information content (AvgIpc) is 3.23. The third-order valence-corrected chi connectivity index (χ3v) is 4.86.